The van der Waals surface area contributed by atoms with E-state index in [2.05, 4.69) is 0 Å². The van der Waals surface area contributed by atoms with E-state index in [0.717, 1.165) is 11.1 Å². The van der Waals surface area contributed by atoms with E-state index in [1.165, 1.54) is 9.80 Å². The van der Waals surface area contributed by atoms with Crippen molar-refractivity contribution in [1.29, 1.82) is 0 Å². The van der Waals surface area contributed by atoms with Crippen molar-refractivity contribution in [2.24, 2.45) is 0 Å². The minimum absolute atomic E-state index is 0.304. The first-order chi connectivity index (χ1) is 14.4. The number of carbonyl (C=O) groups excluding carboxylic acids is 2. The van der Waals surface area contributed by atoms with Crippen molar-refractivity contribution in [3.63, 3.8) is 0 Å². The molecule has 0 unspecified atom stereocenters. The lowest BCUT2D eigenvalue weighted by Crippen LogP contribution is -2.67. The molecule has 0 aromatic heterocycles. The van der Waals surface area contributed by atoms with Crippen LogP contribution in [0.15, 0.2) is 48.5 Å². The van der Waals surface area contributed by atoms with Gasteiger partial charge in [0.05, 0.1) is 14.2 Å². The van der Waals surface area contributed by atoms with E-state index in [4.69, 9.17) is 18.9 Å². The Balaban J connectivity index is 1.43. The molecule has 0 saturated carbocycles. The van der Waals surface area contributed by atoms with Crippen molar-refractivity contribution < 1.29 is 28.5 Å². The molecule has 0 radical (unpaired) electrons. The fourth-order valence-electron chi connectivity index (χ4n) is 4.34. The predicted octanol–water partition coefficient (Wildman–Crippen LogP) is 1.87. The highest BCUT2D eigenvalue weighted by Crippen LogP contribution is 2.62. The molecule has 0 N–H and O–H groups in total. The molecule has 2 aromatic carbocycles. The number of carbonyl (C=O) groups is 2. The lowest BCUT2D eigenvalue weighted by molar-refractivity contribution is -0.175. The highest BCUT2D eigenvalue weighted by molar-refractivity contribution is 6.04. The molecule has 8 nitrogen and oxygen atoms in total. The van der Waals surface area contributed by atoms with Crippen LogP contribution in [0.3, 0.4) is 0 Å². The van der Waals surface area contributed by atoms with Crippen molar-refractivity contribution in [3.05, 3.63) is 59.7 Å². The van der Waals surface area contributed by atoms with Crippen LogP contribution < -0.4 is 9.47 Å². The van der Waals surface area contributed by atoms with Crippen LogP contribution in [0, 0.1) is 0 Å². The Morgan fingerprint density at radius 1 is 0.700 bits per heavy atom. The Labute approximate surface area is 173 Å². The summed E-state index contributed by atoms with van der Waals surface area (Å²) in [6, 6.07) is 14.5. The van der Waals surface area contributed by atoms with Gasteiger partial charge in [0.15, 0.2) is 0 Å². The monoisotopic (exact) mass is 410 g/mol. The molecule has 2 amide bonds. The topological polar surface area (TPSA) is 84.1 Å². The molecule has 8 heteroatoms. The first-order valence-electron chi connectivity index (χ1n) is 9.60. The Hall–Kier alpha value is -3.10. The van der Waals surface area contributed by atoms with Crippen molar-refractivity contribution in [2.75, 3.05) is 28.3 Å². The largest absolute Gasteiger partial charge is 0.497 e. The zero-order chi connectivity index (χ0) is 21.3. The summed E-state index contributed by atoms with van der Waals surface area (Å²) in [6.07, 6.45) is -1.08. The number of benzene rings is 2. The van der Waals surface area contributed by atoms with Gasteiger partial charge in [-0.1, -0.05) is 24.3 Å². The summed E-state index contributed by atoms with van der Waals surface area (Å²) in [5.74, 6) is 0.804. The zero-order valence-electron chi connectivity index (χ0n) is 17.1. The standard InChI is InChI=1S/C22H22N2O6/c1-23-19(25)22(18(30-22)14-7-11-16(28-4)12-8-14)24(2)20(26)21(23)17(29-21)13-5-9-15(27-3)10-6-13/h5-12,17-18H,1-4H3/t17-,18-,21-,22-/m0/s1. The van der Waals surface area contributed by atoms with Crippen LogP contribution >= 0.6 is 0 Å². The lowest BCUT2D eigenvalue weighted by Gasteiger charge is -2.39. The van der Waals surface area contributed by atoms with Gasteiger partial charge in [-0.15, -0.1) is 0 Å². The van der Waals surface area contributed by atoms with Crippen LogP contribution in [0.4, 0.5) is 0 Å². The molecule has 2 aromatic rings. The van der Waals surface area contributed by atoms with E-state index >= 15 is 0 Å². The van der Waals surface area contributed by atoms with Gasteiger partial charge in [0, 0.05) is 14.1 Å². The molecule has 4 atom stereocenters. The second-order valence-electron chi connectivity index (χ2n) is 7.66. The number of amides is 2. The Kier molecular flexibility index (Phi) is 3.90. The van der Waals surface area contributed by atoms with Gasteiger partial charge in [0.2, 0.25) is 0 Å². The molecule has 5 rings (SSSR count). The Morgan fingerprint density at radius 2 is 1.03 bits per heavy atom. The molecule has 3 saturated heterocycles. The summed E-state index contributed by atoms with van der Waals surface area (Å²) in [6.45, 7) is 0. The van der Waals surface area contributed by atoms with E-state index < -0.39 is 23.7 Å². The highest BCUT2D eigenvalue weighted by Gasteiger charge is 2.81. The average Bonchev–Trinajstić information content (AvgIpc) is 3.70. The van der Waals surface area contributed by atoms with Gasteiger partial charge < -0.3 is 28.7 Å². The number of piperazine rings is 1. The molecule has 3 heterocycles. The second-order valence-corrected chi connectivity index (χ2v) is 7.66. The molecule has 2 spiro atoms. The molecule has 156 valence electrons. The number of epoxide rings is 2. The minimum atomic E-state index is -1.35. The summed E-state index contributed by atoms with van der Waals surface area (Å²) in [4.78, 5) is 29.5. The number of methoxy groups -OCH3 is 2. The molecule has 30 heavy (non-hydrogen) atoms. The van der Waals surface area contributed by atoms with E-state index in [0.29, 0.717) is 11.5 Å². The number of ether oxygens (including phenoxy) is 4. The molecule has 3 aliphatic heterocycles. The van der Waals surface area contributed by atoms with Crippen molar-refractivity contribution in [2.45, 2.75) is 23.7 Å². The quantitative estimate of drug-likeness (QED) is 0.716. The van der Waals surface area contributed by atoms with Crippen LogP contribution in [0.25, 0.3) is 0 Å². The van der Waals surface area contributed by atoms with E-state index in [-0.39, 0.29) is 11.8 Å². The van der Waals surface area contributed by atoms with Crippen LogP contribution in [0.2, 0.25) is 0 Å². The highest BCUT2D eigenvalue weighted by atomic mass is 16.7. The van der Waals surface area contributed by atoms with Gasteiger partial charge in [-0.3, -0.25) is 9.59 Å². The maximum atomic E-state index is 13.4. The minimum Gasteiger partial charge on any atom is -0.497 e. The number of likely N-dealkylation sites (N-methyl/N-ethyl adjacent to an activating group) is 2. The summed E-state index contributed by atoms with van der Waals surface area (Å²) in [5, 5.41) is 0. The first-order valence-corrected chi connectivity index (χ1v) is 9.60. The Morgan fingerprint density at radius 3 is 1.33 bits per heavy atom. The maximum absolute atomic E-state index is 13.4. The predicted molar refractivity (Wildman–Crippen MR) is 105 cm³/mol. The second kappa shape index (κ2) is 6.20. The Bertz CT molecular complexity index is 939. The maximum Gasteiger partial charge on any atom is 0.281 e. The third-order valence-electron chi connectivity index (χ3n) is 6.25. The fourth-order valence-corrected chi connectivity index (χ4v) is 4.34. The lowest BCUT2D eigenvalue weighted by atomic mass is 9.95. The third kappa shape index (κ3) is 2.28. The zero-order valence-corrected chi connectivity index (χ0v) is 17.1. The number of hydrogen-bond donors (Lipinski definition) is 0. The molecular formula is C22H22N2O6. The van der Waals surface area contributed by atoms with Crippen LogP contribution in [-0.4, -0.2) is 61.4 Å². The summed E-state index contributed by atoms with van der Waals surface area (Å²) in [5.41, 5.74) is -1.09. The van der Waals surface area contributed by atoms with Crippen LogP contribution in [0.1, 0.15) is 23.3 Å². The SMILES string of the molecule is COc1ccc([C@@H]2O[C@]23C(=O)N(C)[C@@]2(O[C@H]2c2ccc(OC)cc2)C(=O)N3C)cc1. The van der Waals surface area contributed by atoms with Crippen molar-refractivity contribution in [1.82, 2.24) is 9.80 Å². The van der Waals surface area contributed by atoms with E-state index in [1.54, 1.807) is 52.6 Å². The van der Waals surface area contributed by atoms with E-state index in [1.807, 2.05) is 24.3 Å². The van der Waals surface area contributed by atoms with Crippen LogP contribution in [-0.2, 0) is 19.1 Å². The average molecular weight is 410 g/mol. The van der Waals surface area contributed by atoms with Gasteiger partial charge >= 0.3 is 0 Å². The number of hydrogen-bond acceptors (Lipinski definition) is 6. The molecular weight excluding hydrogens is 388 g/mol. The molecule has 3 fully saturated rings. The smallest absolute Gasteiger partial charge is 0.281 e. The summed E-state index contributed by atoms with van der Waals surface area (Å²) < 4.78 is 22.1. The van der Waals surface area contributed by atoms with Crippen LogP contribution in [0.5, 0.6) is 11.5 Å². The van der Waals surface area contributed by atoms with Gasteiger partial charge in [0.25, 0.3) is 23.3 Å². The molecule has 0 bridgehead atoms. The normalized spacial score (nSPS) is 32.0. The molecule has 0 aliphatic carbocycles. The van der Waals surface area contributed by atoms with Crippen molar-refractivity contribution >= 4 is 11.8 Å². The number of rotatable bonds is 4. The summed E-state index contributed by atoms with van der Waals surface area (Å²) in [7, 11) is 6.35. The van der Waals surface area contributed by atoms with Gasteiger partial charge in [0.1, 0.15) is 23.7 Å². The third-order valence-corrected chi connectivity index (χ3v) is 6.25. The summed E-state index contributed by atoms with van der Waals surface area (Å²) >= 11 is 0. The molecule has 3 aliphatic rings. The van der Waals surface area contributed by atoms with E-state index in [9.17, 15) is 9.59 Å². The first kappa shape index (κ1) is 18.9. The van der Waals surface area contributed by atoms with Gasteiger partial charge in [-0.2, -0.15) is 0 Å². The van der Waals surface area contributed by atoms with Gasteiger partial charge in [-0.25, -0.2) is 0 Å². The number of nitrogens with zero attached hydrogens (tertiary/aromatic N) is 2. The van der Waals surface area contributed by atoms with Gasteiger partial charge in [-0.05, 0) is 35.4 Å². The fraction of sp³-hybridized carbons (Fsp3) is 0.364. The van der Waals surface area contributed by atoms with Crippen molar-refractivity contribution in [3.8, 4) is 11.5 Å².